The molecule has 0 atom stereocenters. The molecule has 2 aromatic rings. The second kappa shape index (κ2) is 5.09. The molecule has 2 aromatic heterocycles. The van der Waals surface area contributed by atoms with Gasteiger partial charge in [0.15, 0.2) is 0 Å². The first-order chi connectivity index (χ1) is 8.16. The van der Waals surface area contributed by atoms with Crippen LogP contribution in [0.1, 0.15) is 15.9 Å². The van der Waals surface area contributed by atoms with E-state index in [2.05, 4.69) is 31.3 Å². The summed E-state index contributed by atoms with van der Waals surface area (Å²) >= 11 is 3.24. The molecule has 0 radical (unpaired) electrons. The monoisotopic (exact) mass is 294 g/mol. The molecule has 88 valence electrons. The van der Waals surface area contributed by atoms with Crippen molar-refractivity contribution >= 4 is 21.8 Å². The Morgan fingerprint density at radius 2 is 2.41 bits per heavy atom. The van der Waals surface area contributed by atoms with Gasteiger partial charge >= 0.3 is 0 Å². The molecule has 0 spiro atoms. The van der Waals surface area contributed by atoms with Gasteiger partial charge in [-0.1, -0.05) is 0 Å². The summed E-state index contributed by atoms with van der Waals surface area (Å²) < 4.78 is 2.24. The maximum Gasteiger partial charge on any atom is 0.254 e. The Balaban J connectivity index is 2.01. The van der Waals surface area contributed by atoms with Crippen LogP contribution in [0.15, 0.2) is 35.3 Å². The molecule has 6 heteroatoms. The standard InChI is InChI=1S/C11H11BrN4O/c1-16-7-8(6-15-16)5-14-11(17)9-3-2-4-13-10(9)12/h2-4,6-7H,5H2,1H3,(H,14,17). The van der Waals surface area contributed by atoms with Gasteiger partial charge < -0.3 is 5.32 Å². The number of hydrogen-bond acceptors (Lipinski definition) is 3. The van der Waals surface area contributed by atoms with Crippen molar-refractivity contribution in [1.29, 1.82) is 0 Å². The lowest BCUT2D eigenvalue weighted by molar-refractivity contribution is 0.0949. The largest absolute Gasteiger partial charge is 0.348 e. The van der Waals surface area contributed by atoms with Gasteiger partial charge in [0, 0.05) is 31.5 Å². The van der Waals surface area contributed by atoms with Crippen LogP contribution in [0.4, 0.5) is 0 Å². The van der Waals surface area contributed by atoms with Gasteiger partial charge in [-0.3, -0.25) is 9.48 Å². The van der Waals surface area contributed by atoms with Crippen molar-refractivity contribution in [3.8, 4) is 0 Å². The number of amides is 1. The van der Waals surface area contributed by atoms with Crippen molar-refractivity contribution in [2.45, 2.75) is 6.54 Å². The quantitative estimate of drug-likeness (QED) is 0.873. The third-order valence-corrected chi connectivity index (χ3v) is 2.85. The van der Waals surface area contributed by atoms with Gasteiger partial charge in [-0.2, -0.15) is 5.10 Å². The van der Waals surface area contributed by atoms with E-state index in [1.165, 1.54) is 0 Å². The minimum Gasteiger partial charge on any atom is -0.348 e. The number of hydrogen-bond donors (Lipinski definition) is 1. The zero-order valence-corrected chi connectivity index (χ0v) is 10.8. The summed E-state index contributed by atoms with van der Waals surface area (Å²) in [7, 11) is 1.84. The fraction of sp³-hybridized carbons (Fsp3) is 0.182. The Morgan fingerprint density at radius 1 is 1.59 bits per heavy atom. The lowest BCUT2D eigenvalue weighted by Crippen LogP contribution is -2.23. The molecule has 0 bridgehead atoms. The van der Waals surface area contributed by atoms with Crippen LogP contribution in [0.5, 0.6) is 0 Å². The van der Waals surface area contributed by atoms with Crippen LogP contribution < -0.4 is 5.32 Å². The number of carbonyl (C=O) groups is 1. The number of aromatic nitrogens is 3. The molecule has 2 rings (SSSR count). The highest BCUT2D eigenvalue weighted by Gasteiger charge is 2.09. The smallest absolute Gasteiger partial charge is 0.254 e. The van der Waals surface area contributed by atoms with Crippen molar-refractivity contribution < 1.29 is 4.79 Å². The number of carbonyl (C=O) groups excluding carboxylic acids is 1. The number of pyridine rings is 1. The lowest BCUT2D eigenvalue weighted by Gasteiger charge is -2.04. The fourth-order valence-electron chi connectivity index (χ4n) is 1.40. The average molecular weight is 295 g/mol. The van der Waals surface area contributed by atoms with Crippen molar-refractivity contribution in [2.24, 2.45) is 7.05 Å². The third-order valence-electron chi connectivity index (χ3n) is 2.22. The Labute approximate surface area is 107 Å². The summed E-state index contributed by atoms with van der Waals surface area (Å²) in [6.07, 6.45) is 5.21. The third kappa shape index (κ3) is 2.91. The fourth-order valence-corrected chi connectivity index (χ4v) is 1.83. The minimum atomic E-state index is -0.158. The van der Waals surface area contributed by atoms with E-state index in [4.69, 9.17) is 0 Å². The molecule has 0 saturated heterocycles. The van der Waals surface area contributed by atoms with E-state index in [0.29, 0.717) is 16.7 Å². The first kappa shape index (κ1) is 11.8. The van der Waals surface area contributed by atoms with Gasteiger partial charge in [0.25, 0.3) is 5.91 Å². The molecule has 0 aliphatic rings. The average Bonchev–Trinajstić information content (AvgIpc) is 2.73. The highest BCUT2D eigenvalue weighted by atomic mass is 79.9. The van der Waals surface area contributed by atoms with E-state index >= 15 is 0 Å². The molecule has 0 saturated carbocycles. The van der Waals surface area contributed by atoms with Gasteiger partial charge in [-0.25, -0.2) is 4.98 Å². The zero-order valence-electron chi connectivity index (χ0n) is 9.22. The summed E-state index contributed by atoms with van der Waals surface area (Å²) in [6.45, 7) is 0.452. The normalized spacial score (nSPS) is 10.2. The molecule has 1 N–H and O–H groups in total. The molecule has 17 heavy (non-hydrogen) atoms. The number of nitrogens with zero attached hydrogens (tertiary/aromatic N) is 3. The van der Waals surface area contributed by atoms with Crippen LogP contribution in [-0.2, 0) is 13.6 Å². The topological polar surface area (TPSA) is 59.8 Å². The Bertz CT molecular complexity index is 538. The van der Waals surface area contributed by atoms with Crippen LogP contribution in [0.3, 0.4) is 0 Å². The maximum atomic E-state index is 11.8. The highest BCUT2D eigenvalue weighted by molar-refractivity contribution is 9.10. The predicted molar refractivity (Wildman–Crippen MR) is 66.3 cm³/mol. The van der Waals surface area contributed by atoms with Crippen LogP contribution in [0, 0.1) is 0 Å². The number of halogens is 1. The molecule has 0 aliphatic heterocycles. The summed E-state index contributed by atoms with van der Waals surface area (Å²) in [6, 6.07) is 3.44. The molecule has 0 unspecified atom stereocenters. The van der Waals surface area contributed by atoms with Crippen LogP contribution in [0.2, 0.25) is 0 Å². The van der Waals surface area contributed by atoms with E-state index < -0.39 is 0 Å². The molecule has 0 aromatic carbocycles. The van der Waals surface area contributed by atoms with Crippen LogP contribution >= 0.6 is 15.9 Å². The van der Waals surface area contributed by atoms with Crippen molar-refractivity contribution in [1.82, 2.24) is 20.1 Å². The van der Waals surface area contributed by atoms with Gasteiger partial charge in [0.1, 0.15) is 4.60 Å². The summed E-state index contributed by atoms with van der Waals surface area (Å²) in [5.41, 5.74) is 1.48. The molecule has 0 aliphatic carbocycles. The molecule has 0 fully saturated rings. The first-order valence-corrected chi connectivity index (χ1v) is 5.82. The number of aryl methyl sites for hydroxylation is 1. The minimum absolute atomic E-state index is 0.158. The SMILES string of the molecule is Cn1cc(CNC(=O)c2cccnc2Br)cn1. The zero-order chi connectivity index (χ0) is 12.3. The first-order valence-electron chi connectivity index (χ1n) is 5.03. The van der Waals surface area contributed by atoms with Crippen LogP contribution in [0.25, 0.3) is 0 Å². The molecule has 2 heterocycles. The molecule has 1 amide bonds. The molecular weight excluding hydrogens is 284 g/mol. The Kier molecular flexibility index (Phi) is 3.53. The second-order valence-corrected chi connectivity index (χ2v) is 4.30. The predicted octanol–water partition coefficient (Wildman–Crippen LogP) is 1.51. The van der Waals surface area contributed by atoms with Gasteiger partial charge in [-0.05, 0) is 28.1 Å². The van der Waals surface area contributed by atoms with E-state index in [0.717, 1.165) is 5.56 Å². The van der Waals surface area contributed by atoms with E-state index in [9.17, 15) is 4.79 Å². The van der Waals surface area contributed by atoms with Crippen molar-refractivity contribution in [3.05, 3.63) is 46.5 Å². The van der Waals surface area contributed by atoms with Crippen molar-refractivity contribution in [3.63, 3.8) is 0 Å². The summed E-state index contributed by atoms with van der Waals surface area (Å²) in [5, 5.41) is 6.84. The number of nitrogens with one attached hydrogen (secondary N) is 1. The summed E-state index contributed by atoms with van der Waals surface area (Å²) in [5.74, 6) is -0.158. The highest BCUT2D eigenvalue weighted by Crippen LogP contribution is 2.12. The van der Waals surface area contributed by atoms with E-state index in [1.54, 1.807) is 29.2 Å². The summed E-state index contributed by atoms with van der Waals surface area (Å²) in [4.78, 5) is 15.8. The van der Waals surface area contributed by atoms with Gasteiger partial charge in [0.2, 0.25) is 0 Å². The van der Waals surface area contributed by atoms with Crippen molar-refractivity contribution in [2.75, 3.05) is 0 Å². The Morgan fingerprint density at radius 3 is 3.06 bits per heavy atom. The van der Waals surface area contributed by atoms with Gasteiger partial charge in [0.05, 0.1) is 11.8 Å². The second-order valence-electron chi connectivity index (χ2n) is 3.55. The Hall–Kier alpha value is -1.69. The number of rotatable bonds is 3. The van der Waals surface area contributed by atoms with E-state index in [1.807, 2.05) is 13.2 Å². The maximum absolute atomic E-state index is 11.8. The lowest BCUT2D eigenvalue weighted by atomic mass is 10.2. The molecular formula is C11H11BrN4O. The molecule has 5 nitrogen and oxygen atoms in total. The van der Waals surface area contributed by atoms with Crippen LogP contribution in [-0.4, -0.2) is 20.7 Å². The van der Waals surface area contributed by atoms with Gasteiger partial charge in [-0.15, -0.1) is 0 Å². The van der Waals surface area contributed by atoms with E-state index in [-0.39, 0.29) is 5.91 Å².